The second-order valence-electron chi connectivity index (χ2n) is 8.36. The van der Waals surface area contributed by atoms with Crippen molar-refractivity contribution in [1.82, 2.24) is 9.78 Å². The van der Waals surface area contributed by atoms with Crippen LogP contribution in [0.2, 0.25) is 0 Å². The Morgan fingerprint density at radius 2 is 1.48 bits per heavy atom. The summed E-state index contributed by atoms with van der Waals surface area (Å²) in [5.74, 6) is -2.38. The maximum absolute atomic E-state index is 15.0. The van der Waals surface area contributed by atoms with Crippen LogP contribution in [0, 0.1) is 17.5 Å². The number of rotatable bonds is 12. The van der Waals surface area contributed by atoms with Crippen molar-refractivity contribution in [1.29, 1.82) is 0 Å². The van der Waals surface area contributed by atoms with E-state index < -0.39 is 23.9 Å². The Bertz CT molecular complexity index is 1050. The third-order valence-corrected chi connectivity index (χ3v) is 5.75. The van der Waals surface area contributed by atoms with Crippen molar-refractivity contribution in [2.45, 2.75) is 64.2 Å². The first-order chi connectivity index (χ1) is 15.9. The first-order valence-corrected chi connectivity index (χ1v) is 11.4. The molecule has 2 aromatic carbocycles. The van der Waals surface area contributed by atoms with Crippen LogP contribution in [-0.4, -0.2) is 16.2 Å². The smallest absolute Gasteiger partial charge is 0.238 e. The standard InChI is InChI=1S/C26H29F5N2/c1-33-17-20(24(32-33)12-7-5-3-2-4-6-8-13-25(30)31)26-19(10-9-11-22(26)28)18-14-15-21(27)23(29)16-18/h9-11,14-17,25H,2-8,12-13H2,1H3. The highest BCUT2D eigenvalue weighted by molar-refractivity contribution is 5.84. The third kappa shape index (κ3) is 6.89. The maximum Gasteiger partial charge on any atom is 0.238 e. The number of aryl methyl sites for hydroxylation is 2. The van der Waals surface area contributed by atoms with Crippen molar-refractivity contribution in [2.24, 2.45) is 7.05 Å². The van der Waals surface area contributed by atoms with Crippen LogP contribution < -0.4 is 0 Å². The SMILES string of the molecule is Cn1cc(-c2c(F)cccc2-c2ccc(F)c(F)c2)c(CCCCCCCCCC(F)F)n1. The normalized spacial score (nSPS) is 11.5. The summed E-state index contributed by atoms with van der Waals surface area (Å²) in [5.41, 5.74) is 2.59. The lowest BCUT2D eigenvalue weighted by molar-refractivity contribution is 0.133. The summed E-state index contributed by atoms with van der Waals surface area (Å²) in [4.78, 5) is 0. The van der Waals surface area contributed by atoms with Gasteiger partial charge in [0.2, 0.25) is 6.43 Å². The Morgan fingerprint density at radius 3 is 2.18 bits per heavy atom. The average Bonchev–Trinajstić information content (AvgIpc) is 3.14. The summed E-state index contributed by atoms with van der Waals surface area (Å²) in [6, 6.07) is 8.14. The Kier molecular flexibility index (Phi) is 9.03. The summed E-state index contributed by atoms with van der Waals surface area (Å²) in [5, 5.41) is 4.51. The van der Waals surface area contributed by atoms with Gasteiger partial charge in [-0.3, -0.25) is 4.68 Å². The van der Waals surface area contributed by atoms with Gasteiger partial charge in [0, 0.05) is 30.8 Å². The first kappa shape index (κ1) is 24.9. The Morgan fingerprint density at radius 1 is 0.788 bits per heavy atom. The van der Waals surface area contributed by atoms with Crippen LogP contribution >= 0.6 is 0 Å². The summed E-state index contributed by atoms with van der Waals surface area (Å²) >= 11 is 0. The molecule has 0 fully saturated rings. The van der Waals surface area contributed by atoms with Crippen LogP contribution in [0.1, 0.15) is 57.1 Å². The van der Waals surface area contributed by atoms with Gasteiger partial charge in [-0.25, -0.2) is 22.0 Å². The summed E-state index contributed by atoms with van der Waals surface area (Å²) in [6.07, 6.45) is 6.38. The lowest BCUT2D eigenvalue weighted by Crippen LogP contribution is -1.96. The number of nitrogens with zero attached hydrogens (tertiary/aromatic N) is 2. The molecule has 3 rings (SSSR count). The number of unbranched alkanes of at least 4 members (excludes halogenated alkanes) is 6. The van der Waals surface area contributed by atoms with Crippen LogP contribution in [-0.2, 0) is 13.5 Å². The average molecular weight is 465 g/mol. The van der Waals surface area contributed by atoms with Crippen molar-refractivity contribution in [3.63, 3.8) is 0 Å². The van der Waals surface area contributed by atoms with Crippen LogP contribution in [0.5, 0.6) is 0 Å². The molecule has 0 atom stereocenters. The van der Waals surface area contributed by atoms with Gasteiger partial charge < -0.3 is 0 Å². The molecule has 0 unspecified atom stereocenters. The summed E-state index contributed by atoms with van der Waals surface area (Å²) in [6.45, 7) is 0. The zero-order valence-electron chi connectivity index (χ0n) is 18.8. The molecule has 0 aliphatic carbocycles. The van der Waals surface area contributed by atoms with Crippen molar-refractivity contribution in [3.8, 4) is 22.3 Å². The number of benzene rings is 2. The zero-order valence-corrected chi connectivity index (χ0v) is 18.8. The quantitative estimate of drug-likeness (QED) is 0.196. The van der Waals surface area contributed by atoms with Gasteiger partial charge in [-0.2, -0.15) is 5.10 Å². The fourth-order valence-corrected chi connectivity index (χ4v) is 4.11. The molecule has 0 bridgehead atoms. The number of hydrogen-bond donors (Lipinski definition) is 0. The highest BCUT2D eigenvalue weighted by atomic mass is 19.3. The van der Waals surface area contributed by atoms with E-state index in [0.717, 1.165) is 56.4 Å². The van der Waals surface area contributed by atoms with E-state index in [4.69, 9.17) is 0 Å². The maximum atomic E-state index is 15.0. The number of alkyl halides is 2. The molecule has 0 aliphatic heterocycles. The molecule has 33 heavy (non-hydrogen) atoms. The van der Waals surface area contributed by atoms with E-state index in [1.165, 1.54) is 12.1 Å². The van der Waals surface area contributed by atoms with Gasteiger partial charge >= 0.3 is 0 Å². The topological polar surface area (TPSA) is 17.8 Å². The van der Waals surface area contributed by atoms with E-state index in [9.17, 15) is 22.0 Å². The molecule has 7 heteroatoms. The fourth-order valence-electron chi connectivity index (χ4n) is 4.11. The molecule has 1 aromatic heterocycles. The molecule has 178 valence electrons. The van der Waals surface area contributed by atoms with Gasteiger partial charge in [0.25, 0.3) is 0 Å². The van der Waals surface area contributed by atoms with Gasteiger partial charge in [-0.15, -0.1) is 0 Å². The largest absolute Gasteiger partial charge is 0.275 e. The van der Waals surface area contributed by atoms with Crippen molar-refractivity contribution < 1.29 is 22.0 Å². The Labute approximate surface area is 191 Å². The van der Waals surface area contributed by atoms with Gasteiger partial charge in [0.05, 0.1) is 5.69 Å². The van der Waals surface area contributed by atoms with Gasteiger partial charge in [0.15, 0.2) is 11.6 Å². The zero-order chi connectivity index (χ0) is 23.8. The molecule has 2 nitrogen and oxygen atoms in total. The fraction of sp³-hybridized carbons (Fsp3) is 0.423. The monoisotopic (exact) mass is 464 g/mol. The lowest BCUT2D eigenvalue weighted by atomic mass is 9.93. The number of aromatic nitrogens is 2. The summed E-state index contributed by atoms with van der Waals surface area (Å²) < 4.78 is 68.2. The van der Waals surface area contributed by atoms with Crippen LogP contribution in [0.4, 0.5) is 22.0 Å². The minimum atomic E-state index is -2.21. The van der Waals surface area contributed by atoms with E-state index in [0.29, 0.717) is 35.1 Å². The minimum Gasteiger partial charge on any atom is -0.275 e. The summed E-state index contributed by atoms with van der Waals surface area (Å²) in [7, 11) is 1.77. The van der Waals surface area contributed by atoms with Gasteiger partial charge in [-0.1, -0.05) is 50.3 Å². The Balaban J connectivity index is 1.68. The van der Waals surface area contributed by atoms with Crippen LogP contribution in [0.15, 0.2) is 42.6 Å². The second kappa shape index (κ2) is 12.0. The van der Waals surface area contributed by atoms with Crippen LogP contribution in [0.3, 0.4) is 0 Å². The molecule has 0 radical (unpaired) electrons. The first-order valence-electron chi connectivity index (χ1n) is 11.4. The molecule has 0 amide bonds. The molecule has 1 heterocycles. The predicted octanol–water partition coefficient (Wildman–Crippen LogP) is 8.10. The van der Waals surface area contributed by atoms with Crippen LogP contribution in [0.25, 0.3) is 22.3 Å². The predicted molar refractivity (Wildman–Crippen MR) is 121 cm³/mol. The van der Waals surface area contributed by atoms with E-state index in [1.54, 1.807) is 30.1 Å². The number of halogens is 5. The van der Waals surface area contributed by atoms with Crippen molar-refractivity contribution in [3.05, 3.63) is 65.7 Å². The third-order valence-electron chi connectivity index (χ3n) is 5.75. The van der Waals surface area contributed by atoms with Gasteiger partial charge in [-0.05, 0) is 48.6 Å². The Hall–Kier alpha value is -2.70. The minimum absolute atomic E-state index is 0.0228. The highest BCUT2D eigenvalue weighted by Crippen LogP contribution is 2.36. The van der Waals surface area contributed by atoms with Crippen molar-refractivity contribution >= 4 is 0 Å². The lowest BCUT2D eigenvalue weighted by Gasteiger charge is -2.12. The second-order valence-corrected chi connectivity index (χ2v) is 8.36. The van der Waals surface area contributed by atoms with E-state index >= 15 is 0 Å². The van der Waals surface area contributed by atoms with E-state index in [-0.39, 0.29) is 6.42 Å². The molecule has 0 N–H and O–H groups in total. The molecule has 0 spiro atoms. The van der Waals surface area contributed by atoms with E-state index in [1.807, 2.05) is 0 Å². The van der Waals surface area contributed by atoms with Crippen molar-refractivity contribution in [2.75, 3.05) is 0 Å². The molecule has 0 saturated heterocycles. The molecular weight excluding hydrogens is 435 g/mol. The molecule has 0 saturated carbocycles. The van der Waals surface area contributed by atoms with Gasteiger partial charge in [0.1, 0.15) is 5.82 Å². The van der Waals surface area contributed by atoms with E-state index in [2.05, 4.69) is 5.10 Å². The number of hydrogen-bond acceptors (Lipinski definition) is 1. The molecular formula is C26H29F5N2. The molecule has 3 aromatic rings. The highest BCUT2D eigenvalue weighted by Gasteiger charge is 2.19. The molecule has 0 aliphatic rings.